The predicted molar refractivity (Wildman–Crippen MR) is 77.4 cm³/mol. The van der Waals surface area contributed by atoms with Crippen molar-refractivity contribution in [3.8, 4) is 0 Å². The monoisotopic (exact) mass is 270 g/mol. The van der Waals surface area contributed by atoms with E-state index in [1.165, 1.54) is 0 Å². The minimum atomic E-state index is -0.226. The SMILES string of the molecule is CC(Nc1nc2ccc(N)cc2c(=O)[nH]1)c1ncc[nH]1. The first-order chi connectivity index (χ1) is 9.63. The molecule has 2 heterocycles. The molecule has 0 bridgehead atoms. The average molecular weight is 270 g/mol. The maximum absolute atomic E-state index is 12.0. The molecule has 1 aromatic carbocycles. The highest BCUT2D eigenvalue weighted by Gasteiger charge is 2.10. The fourth-order valence-corrected chi connectivity index (χ4v) is 2.01. The van der Waals surface area contributed by atoms with Gasteiger partial charge in [-0.05, 0) is 25.1 Å². The van der Waals surface area contributed by atoms with Crippen molar-refractivity contribution in [2.24, 2.45) is 0 Å². The van der Waals surface area contributed by atoms with Gasteiger partial charge in [0.2, 0.25) is 5.95 Å². The fraction of sp³-hybridized carbons (Fsp3) is 0.154. The lowest BCUT2D eigenvalue weighted by molar-refractivity contribution is 0.796. The van der Waals surface area contributed by atoms with Gasteiger partial charge in [-0.2, -0.15) is 0 Å². The predicted octanol–water partition coefficient (Wildman–Crippen LogP) is 1.40. The molecule has 0 amide bonds. The van der Waals surface area contributed by atoms with E-state index in [4.69, 9.17) is 5.73 Å². The zero-order valence-electron chi connectivity index (χ0n) is 10.8. The third-order valence-corrected chi connectivity index (χ3v) is 3.01. The Morgan fingerprint density at radius 3 is 3.00 bits per heavy atom. The first-order valence-corrected chi connectivity index (χ1v) is 6.19. The summed E-state index contributed by atoms with van der Waals surface area (Å²) in [6.45, 7) is 1.92. The topological polar surface area (TPSA) is 112 Å². The Morgan fingerprint density at radius 2 is 2.25 bits per heavy atom. The first kappa shape index (κ1) is 12.2. The van der Waals surface area contributed by atoms with Crippen LogP contribution in [0.2, 0.25) is 0 Å². The van der Waals surface area contributed by atoms with E-state index in [2.05, 4.69) is 25.3 Å². The van der Waals surface area contributed by atoms with Gasteiger partial charge in [-0.15, -0.1) is 0 Å². The molecule has 0 aliphatic heterocycles. The van der Waals surface area contributed by atoms with Gasteiger partial charge >= 0.3 is 0 Å². The van der Waals surface area contributed by atoms with Crippen LogP contribution in [0.3, 0.4) is 0 Å². The van der Waals surface area contributed by atoms with Gasteiger partial charge in [0.15, 0.2) is 0 Å². The fourth-order valence-electron chi connectivity index (χ4n) is 2.01. The second-order valence-electron chi connectivity index (χ2n) is 4.53. The summed E-state index contributed by atoms with van der Waals surface area (Å²) in [5.41, 5.74) is 6.57. The van der Waals surface area contributed by atoms with Crippen LogP contribution in [0.1, 0.15) is 18.8 Å². The smallest absolute Gasteiger partial charge is 0.260 e. The Kier molecular flexibility index (Phi) is 2.86. The third kappa shape index (κ3) is 2.20. The number of hydrogen-bond acceptors (Lipinski definition) is 5. The number of hydrogen-bond donors (Lipinski definition) is 4. The molecule has 0 saturated carbocycles. The van der Waals surface area contributed by atoms with E-state index in [9.17, 15) is 4.79 Å². The summed E-state index contributed by atoms with van der Waals surface area (Å²) in [4.78, 5) is 26.2. The molecule has 0 spiro atoms. The van der Waals surface area contributed by atoms with E-state index >= 15 is 0 Å². The maximum atomic E-state index is 12.0. The summed E-state index contributed by atoms with van der Waals surface area (Å²) in [5, 5.41) is 3.57. The molecule has 1 atom stereocenters. The maximum Gasteiger partial charge on any atom is 0.260 e. The van der Waals surface area contributed by atoms with Gasteiger partial charge in [0, 0.05) is 18.1 Å². The molecule has 3 aromatic rings. The second kappa shape index (κ2) is 4.69. The quantitative estimate of drug-likeness (QED) is 0.537. The molecule has 5 N–H and O–H groups in total. The molecule has 0 aliphatic rings. The minimum absolute atomic E-state index is 0.0978. The number of anilines is 2. The zero-order chi connectivity index (χ0) is 14.1. The van der Waals surface area contributed by atoms with Crippen LogP contribution in [-0.4, -0.2) is 19.9 Å². The van der Waals surface area contributed by atoms with Crippen LogP contribution >= 0.6 is 0 Å². The van der Waals surface area contributed by atoms with Gasteiger partial charge in [0.25, 0.3) is 5.56 Å². The van der Waals surface area contributed by atoms with Gasteiger partial charge in [0.05, 0.1) is 16.9 Å². The molecule has 2 aromatic heterocycles. The lowest BCUT2D eigenvalue weighted by atomic mass is 10.2. The van der Waals surface area contributed by atoms with Crippen molar-refractivity contribution in [1.82, 2.24) is 19.9 Å². The second-order valence-corrected chi connectivity index (χ2v) is 4.53. The number of H-pyrrole nitrogens is 2. The number of aromatic nitrogens is 4. The molecule has 7 nitrogen and oxygen atoms in total. The highest BCUT2D eigenvalue weighted by atomic mass is 16.1. The van der Waals surface area contributed by atoms with Crippen LogP contribution in [0.5, 0.6) is 0 Å². The molecular weight excluding hydrogens is 256 g/mol. The number of nitrogens with one attached hydrogen (secondary N) is 3. The van der Waals surface area contributed by atoms with Crippen molar-refractivity contribution in [2.45, 2.75) is 13.0 Å². The van der Waals surface area contributed by atoms with E-state index in [0.717, 1.165) is 5.82 Å². The summed E-state index contributed by atoms with van der Waals surface area (Å²) >= 11 is 0. The van der Waals surface area contributed by atoms with Gasteiger partial charge in [-0.1, -0.05) is 0 Å². The first-order valence-electron chi connectivity index (χ1n) is 6.19. The average Bonchev–Trinajstić information content (AvgIpc) is 2.94. The van der Waals surface area contributed by atoms with Crippen LogP contribution in [0.25, 0.3) is 10.9 Å². The number of aromatic amines is 2. The number of nitrogens with zero attached hydrogens (tertiary/aromatic N) is 2. The normalized spacial score (nSPS) is 12.4. The molecule has 0 saturated heterocycles. The Balaban J connectivity index is 1.97. The highest BCUT2D eigenvalue weighted by Crippen LogP contribution is 2.15. The Bertz CT molecular complexity index is 792. The Labute approximate surface area is 114 Å². The van der Waals surface area contributed by atoms with Crippen molar-refractivity contribution in [2.75, 3.05) is 11.1 Å². The van der Waals surface area contributed by atoms with Gasteiger partial charge in [0.1, 0.15) is 5.82 Å². The standard InChI is InChI=1S/C13H14N6O/c1-7(11-15-4-5-16-11)17-13-18-10-3-2-8(14)6-9(10)12(20)19-13/h2-7H,14H2,1H3,(H,15,16)(H2,17,18,19,20). The van der Waals surface area contributed by atoms with E-state index < -0.39 is 0 Å². The number of imidazole rings is 1. The zero-order valence-corrected chi connectivity index (χ0v) is 10.8. The van der Waals surface area contributed by atoms with Gasteiger partial charge in [-0.3, -0.25) is 9.78 Å². The molecular formula is C13H14N6O. The number of rotatable bonds is 3. The number of nitrogen functional groups attached to an aromatic ring is 1. The van der Waals surface area contributed by atoms with Crippen molar-refractivity contribution in [1.29, 1.82) is 0 Å². The molecule has 7 heteroatoms. The van der Waals surface area contributed by atoms with Crippen molar-refractivity contribution >= 4 is 22.5 Å². The molecule has 102 valence electrons. The highest BCUT2D eigenvalue weighted by molar-refractivity contribution is 5.81. The van der Waals surface area contributed by atoms with E-state index in [-0.39, 0.29) is 11.6 Å². The minimum Gasteiger partial charge on any atom is -0.399 e. The van der Waals surface area contributed by atoms with Crippen LogP contribution in [-0.2, 0) is 0 Å². The molecule has 20 heavy (non-hydrogen) atoms. The van der Waals surface area contributed by atoms with Crippen LogP contribution in [0, 0.1) is 0 Å². The Hall–Kier alpha value is -2.83. The number of fused-ring (bicyclic) bond motifs is 1. The molecule has 0 radical (unpaired) electrons. The largest absolute Gasteiger partial charge is 0.399 e. The lowest BCUT2D eigenvalue weighted by Crippen LogP contribution is -2.16. The molecule has 0 fully saturated rings. The van der Waals surface area contributed by atoms with Crippen LogP contribution in [0.4, 0.5) is 11.6 Å². The number of benzene rings is 1. The van der Waals surface area contributed by atoms with Crippen molar-refractivity contribution in [3.63, 3.8) is 0 Å². The lowest BCUT2D eigenvalue weighted by Gasteiger charge is -2.12. The Morgan fingerprint density at radius 1 is 1.40 bits per heavy atom. The van der Waals surface area contributed by atoms with Gasteiger partial charge in [-0.25, -0.2) is 9.97 Å². The van der Waals surface area contributed by atoms with E-state index in [1.807, 2.05) is 6.92 Å². The number of nitrogens with two attached hydrogens (primary N) is 1. The van der Waals surface area contributed by atoms with Gasteiger partial charge < -0.3 is 16.0 Å². The van der Waals surface area contributed by atoms with Crippen molar-refractivity contribution in [3.05, 3.63) is 46.8 Å². The van der Waals surface area contributed by atoms with E-state index in [1.54, 1.807) is 30.6 Å². The molecule has 3 rings (SSSR count). The van der Waals surface area contributed by atoms with Crippen LogP contribution < -0.4 is 16.6 Å². The summed E-state index contributed by atoms with van der Waals surface area (Å²) in [6, 6.07) is 4.96. The van der Waals surface area contributed by atoms with E-state index in [0.29, 0.717) is 22.5 Å². The van der Waals surface area contributed by atoms with Crippen LogP contribution in [0.15, 0.2) is 35.4 Å². The summed E-state index contributed by atoms with van der Waals surface area (Å²) in [5.74, 6) is 1.17. The summed E-state index contributed by atoms with van der Waals surface area (Å²) in [7, 11) is 0. The molecule has 1 unspecified atom stereocenters. The summed E-state index contributed by atoms with van der Waals surface area (Å²) in [6.07, 6.45) is 3.42. The molecule has 0 aliphatic carbocycles. The third-order valence-electron chi connectivity index (χ3n) is 3.01. The van der Waals surface area contributed by atoms with Crippen molar-refractivity contribution < 1.29 is 0 Å². The summed E-state index contributed by atoms with van der Waals surface area (Å²) < 4.78 is 0.